The van der Waals surface area contributed by atoms with Crippen LogP contribution in [0.3, 0.4) is 0 Å². The van der Waals surface area contributed by atoms with Crippen molar-refractivity contribution < 1.29 is 18.4 Å². The predicted octanol–water partition coefficient (Wildman–Crippen LogP) is 0.102. The van der Waals surface area contributed by atoms with Crippen molar-refractivity contribution in [3.05, 3.63) is 0 Å². The zero-order valence-electron chi connectivity index (χ0n) is 11.3. The highest BCUT2D eigenvalue weighted by atomic mass is 32.2. The normalized spacial score (nSPS) is 15.3. The van der Waals surface area contributed by atoms with Crippen molar-refractivity contribution in [2.24, 2.45) is 16.8 Å². The Morgan fingerprint density at radius 2 is 1.94 bits per heavy atom. The van der Waals surface area contributed by atoms with E-state index in [1.165, 1.54) is 0 Å². The van der Waals surface area contributed by atoms with Gasteiger partial charge in [-0.3, -0.25) is 0 Å². The third-order valence-electron chi connectivity index (χ3n) is 2.21. The summed E-state index contributed by atoms with van der Waals surface area (Å²) in [5.41, 5.74) is 5.44. The van der Waals surface area contributed by atoms with Crippen LogP contribution < -0.4 is 10.5 Å². The highest BCUT2D eigenvalue weighted by Crippen LogP contribution is 2.04. The Morgan fingerprint density at radius 1 is 1.39 bits per heavy atom. The smallest absolute Gasteiger partial charge is 0.214 e. The molecule has 108 valence electrons. The van der Waals surface area contributed by atoms with Gasteiger partial charge in [-0.05, 0) is 19.8 Å². The summed E-state index contributed by atoms with van der Waals surface area (Å²) in [4.78, 5) is 0. The molecule has 0 fully saturated rings. The van der Waals surface area contributed by atoms with Gasteiger partial charge in [0.05, 0.1) is 24.5 Å². The van der Waals surface area contributed by atoms with E-state index in [4.69, 9.17) is 15.7 Å². The van der Waals surface area contributed by atoms with Crippen LogP contribution in [-0.4, -0.2) is 44.0 Å². The van der Waals surface area contributed by atoms with Gasteiger partial charge in [0.1, 0.15) is 0 Å². The van der Waals surface area contributed by atoms with E-state index in [2.05, 4.69) is 9.88 Å². The minimum absolute atomic E-state index is 0.0230. The Kier molecular flexibility index (Phi) is 7.19. The fourth-order valence-corrected chi connectivity index (χ4v) is 2.46. The zero-order chi connectivity index (χ0) is 14.3. The van der Waals surface area contributed by atoms with Crippen LogP contribution in [0.2, 0.25) is 0 Å². The molecule has 0 aliphatic carbocycles. The lowest BCUT2D eigenvalue weighted by Gasteiger charge is -2.20. The summed E-state index contributed by atoms with van der Waals surface area (Å²) in [5.74, 6) is -0.437. The maximum absolute atomic E-state index is 11.8. The molecule has 0 aromatic carbocycles. The van der Waals surface area contributed by atoms with Crippen LogP contribution in [0.25, 0.3) is 0 Å². The van der Waals surface area contributed by atoms with Gasteiger partial charge in [0.2, 0.25) is 10.0 Å². The van der Waals surface area contributed by atoms with E-state index in [0.29, 0.717) is 0 Å². The number of oxime groups is 1. The molecule has 0 aromatic rings. The lowest BCUT2D eigenvalue weighted by Crippen LogP contribution is -2.48. The molecule has 8 heteroatoms. The van der Waals surface area contributed by atoms with Crippen LogP contribution in [-0.2, 0) is 14.8 Å². The molecule has 1 atom stereocenters. The van der Waals surface area contributed by atoms with Gasteiger partial charge in [-0.15, -0.1) is 0 Å². The van der Waals surface area contributed by atoms with Crippen molar-refractivity contribution in [1.29, 1.82) is 0 Å². The quantitative estimate of drug-likeness (QED) is 0.253. The van der Waals surface area contributed by atoms with Crippen molar-refractivity contribution in [1.82, 2.24) is 4.72 Å². The lowest BCUT2D eigenvalue weighted by molar-refractivity contribution is 0.0911. The first-order chi connectivity index (χ1) is 8.19. The first-order valence-corrected chi connectivity index (χ1v) is 7.44. The average molecular weight is 281 g/mol. The van der Waals surface area contributed by atoms with E-state index in [1.807, 2.05) is 13.8 Å². The van der Waals surface area contributed by atoms with E-state index in [9.17, 15) is 8.42 Å². The highest BCUT2D eigenvalue weighted by molar-refractivity contribution is 7.89. The molecule has 0 aliphatic rings. The van der Waals surface area contributed by atoms with Gasteiger partial charge in [0, 0.05) is 0 Å². The molecule has 0 saturated carbocycles. The van der Waals surface area contributed by atoms with Crippen LogP contribution in [0.1, 0.15) is 27.7 Å². The molecular formula is C10H23N3O4S. The third-order valence-corrected chi connectivity index (χ3v) is 3.53. The Balaban J connectivity index is 4.53. The first kappa shape index (κ1) is 17.1. The number of nitrogens with one attached hydrogen (secondary N) is 1. The Hall–Kier alpha value is -0.860. The summed E-state index contributed by atoms with van der Waals surface area (Å²) < 4.78 is 31.1. The van der Waals surface area contributed by atoms with Crippen LogP contribution in [0.4, 0.5) is 0 Å². The maximum Gasteiger partial charge on any atom is 0.214 e. The fraction of sp³-hybridized carbons (Fsp3) is 0.900. The van der Waals surface area contributed by atoms with E-state index >= 15 is 0 Å². The molecular weight excluding hydrogens is 258 g/mol. The molecule has 0 radical (unpaired) electrons. The fourth-order valence-electron chi connectivity index (χ4n) is 1.25. The van der Waals surface area contributed by atoms with Gasteiger partial charge in [0.25, 0.3) is 0 Å². The second kappa shape index (κ2) is 7.55. The van der Waals surface area contributed by atoms with Gasteiger partial charge in [-0.25, -0.2) is 13.1 Å². The summed E-state index contributed by atoms with van der Waals surface area (Å²) in [5, 5.41) is 11.4. The molecule has 0 heterocycles. The number of hydrogen-bond acceptors (Lipinski definition) is 5. The molecule has 0 aliphatic heterocycles. The second-order valence-corrected chi connectivity index (χ2v) is 6.48. The van der Waals surface area contributed by atoms with Crippen molar-refractivity contribution in [3.63, 3.8) is 0 Å². The van der Waals surface area contributed by atoms with E-state index in [1.54, 1.807) is 13.8 Å². The summed E-state index contributed by atoms with van der Waals surface area (Å²) in [6.45, 7) is 7.31. The number of ether oxygens (including phenoxy) is 1. The molecule has 7 nitrogen and oxygen atoms in total. The summed E-state index contributed by atoms with van der Waals surface area (Å²) >= 11 is 0. The Labute approximate surface area is 108 Å². The first-order valence-electron chi connectivity index (χ1n) is 5.78. The molecule has 18 heavy (non-hydrogen) atoms. The monoisotopic (exact) mass is 281 g/mol. The number of hydrogen-bond donors (Lipinski definition) is 3. The van der Waals surface area contributed by atoms with Gasteiger partial charge >= 0.3 is 0 Å². The van der Waals surface area contributed by atoms with Gasteiger partial charge in [0.15, 0.2) is 5.84 Å². The number of rotatable bonds is 8. The molecule has 0 amide bonds. The molecule has 0 aromatic heterocycles. The van der Waals surface area contributed by atoms with Crippen LogP contribution in [0, 0.1) is 5.92 Å². The SMILES string of the molecule is CC(C)OCCS(=O)(=O)NC(C(N)=NO)C(C)C. The van der Waals surface area contributed by atoms with Gasteiger partial charge in [-0.1, -0.05) is 19.0 Å². The summed E-state index contributed by atoms with van der Waals surface area (Å²) in [7, 11) is -3.52. The molecule has 0 saturated heterocycles. The Bertz CT molecular complexity index is 365. The Morgan fingerprint density at radius 3 is 2.33 bits per heavy atom. The van der Waals surface area contributed by atoms with Crippen molar-refractivity contribution in [2.45, 2.75) is 39.8 Å². The number of nitrogens with two attached hydrogens (primary N) is 1. The largest absolute Gasteiger partial charge is 0.409 e. The number of sulfonamides is 1. The number of nitrogens with zero attached hydrogens (tertiary/aromatic N) is 1. The van der Waals surface area contributed by atoms with Crippen molar-refractivity contribution in [2.75, 3.05) is 12.4 Å². The summed E-state index contributed by atoms with van der Waals surface area (Å²) in [6.07, 6.45) is -0.0230. The highest BCUT2D eigenvalue weighted by Gasteiger charge is 2.24. The van der Waals surface area contributed by atoms with Crippen molar-refractivity contribution in [3.8, 4) is 0 Å². The topological polar surface area (TPSA) is 114 Å². The van der Waals surface area contributed by atoms with Crippen LogP contribution in [0.5, 0.6) is 0 Å². The minimum Gasteiger partial charge on any atom is -0.409 e. The molecule has 1 unspecified atom stereocenters. The maximum atomic E-state index is 11.8. The summed E-state index contributed by atoms with van der Waals surface area (Å²) in [6, 6.07) is -0.723. The van der Waals surface area contributed by atoms with Crippen LogP contribution >= 0.6 is 0 Å². The molecule has 0 spiro atoms. The van der Waals surface area contributed by atoms with E-state index < -0.39 is 16.1 Å². The standard InChI is InChI=1S/C10H23N3O4S/c1-7(2)9(10(11)12-14)13-18(15,16)6-5-17-8(3)4/h7-9,13-14H,5-6H2,1-4H3,(H2,11,12). The van der Waals surface area contributed by atoms with E-state index in [0.717, 1.165) is 0 Å². The predicted molar refractivity (Wildman–Crippen MR) is 70.0 cm³/mol. The second-order valence-electron chi connectivity index (χ2n) is 4.60. The molecule has 4 N–H and O–H groups in total. The van der Waals surface area contributed by atoms with Gasteiger partial charge < -0.3 is 15.7 Å². The van der Waals surface area contributed by atoms with Gasteiger partial charge in [-0.2, -0.15) is 0 Å². The molecule has 0 rings (SSSR count). The molecule has 0 bridgehead atoms. The number of amidine groups is 1. The lowest BCUT2D eigenvalue weighted by atomic mass is 10.1. The zero-order valence-corrected chi connectivity index (χ0v) is 12.1. The average Bonchev–Trinajstić information content (AvgIpc) is 2.23. The third kappa shape index (κ3) is 6.77. The van der Waals surface area contributed by atoms with E-state index in [-0.39, 0.29) is 30.2 Å². The minimum atomic E-state index is -3.52. The van der Waals surface area contributed by atoms with Crippen LogP contribution in [0.15, 0.2) is 5.16 Å². The van der Waals surface area contributed by atoms with Crippen molar-refractivity contribution >= 4 is 15.9 Å².